The van der Waals surface area contributed by atoms with Crippen molar-refractivity contribution in [1.82, 2.24) is 9.80 Å². The van der Waals surface area contributed by atoms with Crippen molar-refractivity contribution >= 4 is 17.4 Å². The van der Waals surface area contributed by atoms with Gasteiger partial charge in [0.1, 0.15) is 23.9 Å². The van der Waals surface area contributed by atoms with Crippen molar-refractivity contribution in [3.05, 3.63) is 101 Å². The van der Waals surface area contributed by atoms with Gasteiger partial charge in [0.05, 0.1) is 18.2 Å². The maximum absolute atomic E-state index is 13.3. The van der Waals surface area contributed by atoms with E-state index < -0.39 is 17.7 Å². The summed E-state index contributed by atoms with van der Waals surface area (Å²) in [6, 6.07) is 21.8. The third-order valence-electron chi connectivity index (χ3n) is 6.54. The summed E-state index contributed by atoms with van der Waals surface area (Å²) in [5.74, 6) is -0.151. The Hall–Kier alpha value is -4.10. The lowest BCUT2D eigenvalue weighted by atomic mass is 9.94. The van der Waals surface area contributed by atoms with Gasteiger partial charge in [-0.3, -0.25) is 9.59 Å². The first-order valence-corrected chi connectivity index (χ1v) is 12.7. The topological polar surface area (TPSA) is 79.3 Å². The summed E-state index contributed by atoms with van der Waals surface area (Å²) in [7, 11) is 3.82. The van der Waals surface area contributed by atoms with Gasteiger partial charge in [-0.05, 0) is 75.0 Å². The van der Waals surface area contributed by atoms with Gasteiger partial charge in [-0.2, -0.15) is 0 Å². The second kappa shape index (κ2) is 12.0. The molecule has 0 saturated carbocycles. The molecule has 1 atom stereocenters. The second-order valence-corrected chi connectivity index (χ2v) is 9.55. The molecular formula is C31H34N2O5. The van der Waals surface area contributed by atoms with Crippen LogP contribution in [0, 0.1) is 6.92 Å². The number of hydrogen-bond acceptors (Lipinski definition) is 6. The van der Waals surface area contributed by atoms with Crippen LogP contribution in [-0.4, -0.2) is 60.4 Å². The maximum atomic E-state index is 13.3. The normalized spacial score (nSPS) is 16.8. The van der Waals surface area contributed by atoms with Crippen LogP contribution in [0.1, 0.15) is 35.2 Å². The predicted octanol–water partition coefficient (Wildman–Crippen LogP) is 4.96. The molecule has 0 spiro atoms. The van der Waals surface area contributed by atoms with Gasteiger partial charge in [0.15, 0.2) is 0 Å². The minimum Gasteiger partial charge on any atom is -0.507 e. The van der Waals surface area contributed by atoms with Crippen molar-refractivity contribution in [3.8, 4) is 11.5 Å². The molecule has 0 bridgehead atoms. The Labute approximate surface area is 223 Å². The Morgan fingerprint density at radius 1 is 0.947 bits per heavy atom. The summed E-state index contributed by atoms with van der Waals surface area (Å²) in [6.07, 6.45) is 0. The van der Waals surface area contributed by atoms with Crippen molar-refractivity contribution in [3.63, 3.8) is 0 Å². The van der Waals surface area contributed by atoms with Crippen LogP contribution in [0.4, 0.5) is 0 Å². The third-order valence-corrected chi connectivity index (χ3v) is 6.54. The first-order chi connectivity index (χ1) is 18.3. The molecule has 0 aromatic heterocycles. The molecule has 0 radical (unpaired) electrons. The molecule has 1 N–H and O–H groups in total. The summed E-state index contributed by atoms with van der Waals surface area (Å²) in [5.41, 5.74) is 3.10. The summed E-state index contributed by atoms with van der Waals surface area (Å²) < 4.78 is 11.5. The van der Waals surface area contributed by atoms with Gasteiger partial charge < -0.3 is 24.4 Å². The number of nitrogens with zero attached hydrogens (tertiary/aromatic N) is 2. The van der Waals surface area contributed by atoms with Crippen molar-refractivity contribution in [2.45, 2.75) is 26.5 Å². The molecule has 0 aliphatic carbocycles. The lowest BCUT2D eigenvalue weighted by Gasteiger charge is -2.27. The smallest absolute Gasteiger partial charge is 0.295 e. The zero-order valence-corrected chi connectivity index (χ0v) is 22.3. The average molecular weight is 515 g/mol. The maximum Gasteiger partial charge on any atom is 0.295 e. The number of hydrogen-bond donors (Lipinski definition) is 1. The summed E-state index contributed by atoms with van der Waals surface area (Å²) in [5, 5.41) is 11.4. The average Bonchev–Trinajstić information content (AvgIpc) is 3.16. The third kappa shape index (κ3) is 5.89. The number of aliphatic hydroxyl groups is 1. The van der Waals surface area contributed by atoms with E-state index in [2.05, 4.69) is 0 Å². The summed E-state index contributed by atoms with van der Waals surface area (Å²) in [4.78, 5) is 30.0. The minimum atomic E-state index is -0.718. The van der Waals surface area contributed by atoms with Crippen molar-refractivity contribution in [1.29, 1.82) is 0 Å². The second-order valence-electron chi connectivity index (χ2n) is 9.55. The van der Waals surface area contributed by atoms with Crippen LogP contribution in [0.5, 0.6) is 11.5 Å². The van der Waals surface area contributed by atoms with Crippen LogP contribution < -0.4 is 9.47 Å². The molecule has 4 rings (SSSR count). The number of carbonyl (C=O) groups is 2. The molecule has 1 aliphatic rings. The van der Waals surface area contributed by atoms with E-state index in [9.17, 15) is 14.7 Å². The number of ketones is 1. The molecule has 38 heavy (non-hydrogen) atoms. The number of aliphatic hydroxyl groups excluding tert-OH is 1. The Morgan fingerprint density at radius 2 is 1.63 bits per heavy atom. The number of likely N-dealkylation sites (tertiary alicyclic amines) is 1. The number of aryl methyl sites for hydroxylation is 1. The number of rotatable bonds is 10. The standard InChI is InChI=1S/C31H34N2O5/c1-5-37-25-15-16-26(21(2)19-25)29(34)27-28(33(18-17-32(3)4)31(36)30(27)35)23-11-13-24(14-12-23)38-20-22-9-7-6-8-10-22/h6-16,19,28,34H,5,17-18,20H2,1-4H3. The van der Waals surface area contributed by atoms with E-state index in [1.165, 1.54) is 4.90 Å². The Balaban J connectivity index is 1.70. The van der Waals surface area contributed by atoms with Gasteiger partial charge in [0, 0.05) is 18.7 Å². The molecule has 7 nitrogen and oxygen atoms in total. The quantitative estimate of drug-likeness (QED) is 0.234. The first kappa shape index (κ1) is 26.9. The van der Waals surface area contributed by atoms with E-state index in [1.54, 1.807) is 12.1 Å². The number of amides is 1. The van der Waals surface area contributed by atoms with E-state index in [0.29, 0.717) is 43.4 Å². The molecule has 1 fully saturated rings. The van der Waals surface area contributed by atoms with Crippen molar-refractivity contribution < 1.29 is 24.2 Å². The Morgan fingerprint density at radius 3 is 2.26 bits per heavy atom. The van der Waals surface area contributed by atoms with E-state index in [0.717, 1.165) is 16.7 Å². The number of ether oxygens (including phenoxy) is 2. The zero-order valence-electron chi connectivity index (χ0n) is 22.3. The zero-order chi connectivity index (χ0) is 27.2. The van der Waals surface area contributed by atoms with Gasteiger partial charge in [-0.25, -0.2) is 0 Å². The summed E-state index contributed by atoms with van der Waals surface area (Å²) in [6.45, 7) is 5.60. The number of likely N-dealkylation sites (N-methyl/N-ethyl adjacent to an activating group) is 1. The van der Waals surface area contributed by atoms with Gasteiger partial charge in [0.2, 0.25) is 0 Å². The van der Waals surface area contributed by atoms with Crippen molar-refractivity contribution in [2.75, 3.05) is 33.8 Å². The SMILES string of the molecule is CCOc1ccc(C(O)=C2C(=O)C(=O)N(CCN(C)C)C2c2ccc(OCc3ccccc3)cc2)c(C)c1. The lowest BCUT2D eigenvalue weighted by Crippen LogP contribution is -2.35. The monoisotopic (exact) mass is 514 g/mol. The van der Waals surface area contributed by atoms with Crippen LogP contribution in [0.3, 0.4) is 0 Å². The highest BCUT2D eigenvalue weighted by molar-refractivity contribution is 6.46. The fraction of sp³-hybridized carbons (Fsp3) is 0.290. The molecule has 1 heterocycles. The highest BCUT2D eigenvalue weighted by Gasteiger charge is 2.46. The van der Waals surface area contributed by atoms with Crippen LogP contribution >= 0.6 is 0 Å². The molecule has 1 aliphatic heterocycles. The molecule has 1 amide bonds. The van der Waals surface area contributed by atoms with Crippen LogP contribution in [0.2, 0.25) is 0 Å². The van der Waals surface area contributed by atoms with Gasteiger partial charge in [-0.15, -0.1) is 0 Å². The molecule has 198 valence electrons. The minimum absolute atomic E-state index is 0.0824. The van der Waals surface area contributed by atoms with Gasteiger partial charge in [-0.1, -0.05) is 42.5 Å². The fourth-order valence-corrected chi connectivity index (χ4v) is 4.56. The Kier molecular flexibility index (Phi) is 8.48. The molecule has 7 heteroatoms. The lowest BCUT2D eigenvalue weighted by molar-refractivity contribution is -0.140. The highest BCUT2D eigenvalue weighted by Crippen LogP contribution is 2.40. The molecule has 3 aromatic rings. The van der Waals surface area contributed by atoms with Crippen LogP contribution in [0.15, 0.2) is 78.4 Å². The number of Topliss-reactive ketones (excluding diaryl/α,β-unsaturated/α-hetero) is 1. The van der Waals surface area contributed by atoms with E-state index in [1.807, 2.05) is 93.5 Å². The number of benzene rings is 3. The molecule has 3 aromatic carbocycles. The van der Waals surface area contributed by atoms with Gasteiger partial charge in [0.25, 0.3) is 11.7 Å². The fourth-order valence-electron chi connectivity index (χ4n) is 4.56. The molecular weight excluding hydrogens is 480 g/mol. The van der Waals surface area contributed by atoms with E-state index in [4.69, 9.17) is 9.47 Å². The molecule has 1 unspecified atom stereocenters. The predicted molar refractivity (Wildman–Crippen MR) is 147 cm³/mol. The van der Waals surface area contributed by atoms with Crippen LogP contribution in [-0.2, 0) is 16.2 Å². The molecule has 1 saturated heterocycles. The highest BCUT2D eigenvalue weighted by atomic mass is 16.5. The van der Waals surface area contributed by atoms with E-state index in [-0.39, 0.29) is 11.3 Å². The summed E-state index contributed by atoms with van der Waals surface area (Å²) >= 11 is 0. The Bertz CT molecular complexity index is 1320. The van der Waals surface area contributed by atoms with Gasteiger partial charge >= 0.3 is 0 Å². The number of carbonyl (C=O) groups excluding carboxylic acids is 2. The first-order valence-electron chi connectivity index (χ1n) is 12.7. The van der Waals surface area contributed by atoms with E-state index >= 15 is 0 Å². The van der Waals surface area contributed by atoms with Crippen LogP contribution in [0.25, 0.3) is 5.76 Å². The van der Waals surface area contributed by atoms with Crippen molar-refractivity contribution in [2.24, 2.45) is 0 Å². The largest absolute Gasteiger partial charge is 0.507 e.